The van der Waals surface area contributed by atoms with Crippen LogP contribution in [0.4, 0.5) is 4.39 Å². The molecule has 0 saturated carbocycles. The summed E-state index contributed by atoms with van der Waals surface area (Å²) in [5.74, 6) is -1.77. The quantitative estimate of drug-likeness (QED) is 0.238. The molecule has 26 heavy (non-hydrogen) atoms. The first-order valence-electron chi connectivity index (χ1n) is 9.51. The van der Waals surface area contributed by atoms with Gasteiger partial charge >= 0.3 is 5.97 Å². The topological polar surface area (TPSA) is 63.6 Å². The number of methoxy groups -OCH3 is 1. The molecule has 1 aliphatic carbocycles. The summed E-state index contributed by atoms with van der Waals surface area (Å²) in [5, 5.41) is 9.99. The average molecular weight is 366 g/mol. The highest BCUT2D eigenvalue weighted by molar-refractivity contribution is 6.09. The minimum atomic E-state index is -0.708. The Morgan fingerprint density at radius 2 is 2.12 bits per heavy atom. The van der Waals surface area contributed by atoms with Crippen molar-refractivity contribution < 1.29 is 23.8 Å². The van der Waals surface area contributed by atoms with Gasteiger partial charge in [-0.05, 0) is 38.2 Å². The van der Waals surface area contributed by atoms with Crippen molar-refractivity contribution >= 4 is 11.8 Å². The number of allylic oxidation sites excluding steroid dienone is 5. The van der Waals surface area contributed by atoms with E-state index >= 15 is 0 Å². The number of aliphatic hydroxyl groups excluding tert-OH is 1. The van der Waals surface area contributed by atoms with Gasteiger partial charge < -0.3 is 9.84 Å². The lowest BCUT2D eigenvalue weighted by atomic mass is 9.95. The van der Waals surface area contributed by atoms with Crippen molar-refractivity contribution in [1.29, 1.82) is 0 Å². The number of aliphatic hydroxyl groups is 1. The third-order valence-electron chi connectivity index (χ3n) is 4.51. The van der Waals surface area contributed by atoms with Crippen LogP contribution in [0, 0.1) is 5.92 Å². The Bertz CT molecular complexity index is 548. The summed E-state index contributed by atoms with van der Waals surface area (Å²) >= 11 is 0. The maximum atomic E-state index is 13.7. The Balaban J connectivity index is 2.47. The highest BCUT2D eigenvalue weighted by Gasteiger charge is 2.29. The van der Waals surface area contributed by atoms with E-state index in [2.05, 4.69) is 11.7 Å². The molecular weight excluding hydrogens is 335 g/mol. The monoisotopic (exact) mass is 366 g/mol. The zero-order valence-corrected chi connectivity index (χ0v) is 15.9. The molecule has 2 atom stereocenters. The van der Waals surface area contributed by atoms with E-state index in [4.69, 9.17) is 0 Å². The number of unbranched alkanes of at least 4 members (excludes halogenated alkanes) is 3. The molecule has 0 saturated heterocycles. The third-order valence-corrected chi connectivity index (χ3v) is 4.51. The lowest BCUT2D eigenvalue weighted by Crippen LogP contribution is -2.08. The molecule has 1 N–H and O–H groups in total. The molecule has 0 aromatic carbocycles. The number of Topliss-reactive ketones (excluding diaryl/α,β-unsaturated/α-hetero) is 1. The van der Waals surface area contributed by atoms with E-state index in [-0.39, 0.29) is 11.9 Å². The fourth-order valence-corrected chi connectivity index (χ4v) is 2.93. The summed E-state index contributed by atoms with van der Waals surface area (Å²) in [6.07, 6.45) is 13.0. The van der Waals surface area contributed by atoms with Crippen LogP contribution in [0.1, 0.15) is 64.7 Å². The van der Waals surface area contributed by atoms with E-state index in [9.17, 15) is 19.1 Å². The molecule has 146 valence electrons. The first-order valence-corrected chi connectivity index (χ1v) is 9.51. The van der Waals surface area contributed by atoms with E-state index in [1.165, 1.54) is 13.2 Å². The van der Waals surface area contributed by atoms with Gasteiger partial charge in [0.2, 0.25) is 5.78 Å². The number of ketones is 1. The summed E-state index contributed by atoms with van der Waals surface area (Å²) in [4.78, 5) is 23.0. The normalized spacial score (nSPS) is 20.0. The Morgan fingerprint density at radius 1 is 1.35 bits per heavy atom. The molecule has 0 amide bonds. The van der Waals surface area contributed by atoms with Gasteiger partial charge in [-0.3, -0.25) is 9.59 Å². The molecule has 0 aromatic heterocycles. The van der Waals surface area contributed by atoms with E-state index in [0.29, 0.717) is 37.7 Å². The Morgan fingerprint density at radius 3 is 2.81 bits per heavy atom. The van der Waals surface area contributed by atoms with Crippen molar-refractivity contribution in [2.24, 2.45) is 5.92 Å². The summed E-state index contributed by atoms with van der Waals surface area (Å²) < 4.78 is 18.3. The molecule has 5 heteroatoms. The van der Waals surface area contributed by atoms with Gasteiger partial charge in [-0.2, -0.15) is 0 Å². The molecule has 0 fully saturated rings. The minimum Gasteiger partial charge on any atom is -0.469 e. The number of hydrogen-bond donors (Lipinski definition) is 1. The van der Waals surface area contributed by atoms with Crippen LogP contribution >= 0.6 is 0 Å². The number of carbonyl (C=O) groups excluding carboxylic acids is 2. The van der Waals surface area contributed by atoms with Crippen molar-refractivity contribution in [3.8, 4) is 0 Å². The zero-order chi connectivity index (χ0) is 19.4. The van der Waals surface area contributed by atoms with E-state index in [1.54, 1.807) is 6.08 Å². The number of rotatable bonds is 12. The minimum absolute atomic E-state index is 0.229. The second kappa shape index (κ2) is 12.6. The van der Waals surface area contributed by atoms with Crippen LogP contribution in [0.15, 0.2) is 35.7 Å². The predicted molar refractivity (Wildman–Crippen MR) is 100 cm³/mol. The molecule has 0 bridgehead atoms. The third kappa shape index (κ3) is 8.09. The fraction of sp³-hybridized carbons (Fsp3) is 0.619. The molecule has 0 spiro atoms. The number of carbonyl (C=O) groups is 2. The molecule has 1 rings (SSSR count). The van der Waals surface area contributed by atoms with Gasteiger partial charge in [0.1, 0.15) is 0 Å². The molecule has 1 aliphatic rings. The van der Waals surface area contributed by atoms with Crippen molar-refractivity contribution in [1.82, 2.24) is 0 Å². The lowest BCUT2D eigenvalue weighted by Gasteiger charge is -2.10. The number of hydrogen-bond acceptors (Lipinski definition) is 4. The highest BCUT2D eigenvalue weighted by Crippen LogP contribution is 2.31. The molecular formula is C21H31FO4. The van der Waals surface area contributed by atoms with Crippen molar-refractivity contribution in [2.75, 3.05) is 7.11 Å². The average Bonchev–Trinajstić information content (AvgIpc) is 2.89. The van der Waals surface area contributed by atoms with Crippen LogP contribution in [0.5, 0.6) is 0 Å². The van der Waals surface area contributed by atoms with Crippen LogP contribution < -0.4 is 0 Å². The van der Waals surface area contributed by atoms with Crippen LogP contribution in [-0.4, -0.2) is 30.1 Å². The van der Waals surface area contributed by atoms with Crippen LogP contribution in [0.3, 0.4) is 0 Å². The second-order valence-corrected chi connectivity index (χ2v) is 6.67. The first kappa shape index (κ1) is 22.3. The number of esters is 1. The summed E-state index contributed by atoms with van der Waals surface area (Å²) in [5.41, 5.74) is 0.441. The Labute approximate surface area is 155 Å². The SMILES string of the molecule is CCCCC[C@H](O)C/C=C1/C(=O)C(F)=C[C@@H]1C/C=C\CCCC(=O)OC. The highest BCUT2D eigenvalue weighted by atomic mass is 19.1. The van der Waals surface area contributed by atoms with Crippen LogP contribution in [-0.2, 0) is 14.3 Å². The maximum Gasteiger partial charge on any atom is 0.305 e. The van der Waals surface area contributed by atoms with Gasteiger partial charge in [0.05, 0.1) is 13.2 Å². The predicted octanol–water partition coefficient (Wildman–Crippen LogP) is 4.59. The van der Waals surface area contributed by atoms with E-state index < -0.39 is 17.7 Å². The molecule has 0 radical (unpaired) electrons. The van der Waals surface area contributed by atoms with E-state index in [0.717, 1.165) is 25.7 Å². The molecule has 4 nitrogen and oxygen atoms in total. The molecule has 0 heterocycles. The Kier molecular flexibility index (Phi) is 10.8. The smallest absolute Gasteiger partial charge is 0.305 e. The molecule has 0 unspecified atom stereocenters. The zero-order valence-electron chi connectivity index (χ0n) is 15.9. The van der Waals surface area contributed by atoms with Gasteiger partial charge in [0.15, 0.2) is 5.83 Å². The summed E-state index contributed by atoms with van der Waals surface area (Å²) in [6, 6.07) is 0. The number of halogens is 1. The van der Waals surface area contributed by atoms with Crippen molar-refractivity contribution in [3.05, 3.63) is 35.7 Å². The molecule has 0 aromatic rings. The van der Waals surface area contributed by atoms with Gasteiger partial charge in [-0.1, -0.05) is 44.4 Å². The molecule has 0 aliphatic heterocycles. The van der Waals surface area contributed by atoms with Gasteiger partial charge in [-0.15, -0.1) is 0 Å². The first-order chi connectivity index (χ1) is 12.5. The largest absolute Gasteiger partial charge is 0.469 e. The van der Waals surface area contributed by atoms with Crippen LogP contribution in [0.25, 0.3) is 0 Å². The van der Waals surface area contributed by atoms with Gasteiger partial charge in [0, 0.05) is 17.9 Å². The Hall–Kier alpha value is -1.75. The second-order valence-electron chi connectivity index (χ2n) is 6.67. The summed E-state index contributed by atoms with van der Waals surface area (Å²) in [6.45, 7) is 2.10. The standard InChI is InChI=1S/C21H31FO4/c1-3-4-7-11-17(23)13-14-18-16(15-19(22)21(18)25)10-8-5-6-9-12-20(24)26-2/h5,8,14-17,23H,3-4,6-7,9-13H2,1-2H3/b8-5-,18-14+/t16-,17-/m0/s1. The maximum absolute atomic E-state index is 13.7. The van der Waals surface area contributed by atoms with Crippen molar-refractivity contribution in [3.63, 3.8) is 0 Å². The van der Waals surface area contributed by atoms with Crippen LogP contribution in [0.2, 0.25) is 0 Å². The number of ether oxygens (including phenoxy) is 1. The van der Waals surface area contributed by atoms with E-state index in [1.807, 2.05) is 12.2 Å². The van der Waals surface area contributed by atoms with Gasteiger partial charge in [-0.25, -0.2) is 4.39 Å². The lowest BCUT2D eigenvalue weighted by molar-refractivity contribution is -0.140. The van der Waals surface area contributed by atoms with Crippen molar-refractivity contribution in [2.45, 2.75) is 70.8 Å². The summed E-state index contributed by atoms with van der Waals surface area (Å²) in [7, 11) is 1.37. The van der Waals surface area contributed by atoms with Gasteiger partial charge in [0.25, 0.3) is 0 Å². The fourth-order valence-electron chi connectivity index (χ4n) is 2.93.